The summed E-state index contributed by atoms with van der Waals surface area (Å²) in [5, 5.41) is 5.34. The van der Waals surface area contributed by atoms with Crippen molar-refractivity contribution in [3.05, 3.63) is 70.6 Å². The number of carbonyl (C=O) groups is 1. The highest BCUT2D eigenvalue weighted by Crippen LogP contribution is 2.33. The van der Waals surface area contributed by atoms with Gasteiger partial charge in [-0.05, 0) is 36.5 Å². The number of halogens is 2. The molecular formula is C23H23F2N5OS. The van der Waals surface area contributed by atoms with Gasteiger partial charge < -0.3 is 10.2 Å². The minimum atomic E-state index is -0.931. The Hall–Kier alpha value is -3.20. The van der Waals surface area contributed by atoms with Gasteiger partial charge in [-0.15, -0.1) is 11.3 Å². The van der Waals surface area contributed by atoms with Crippen LogP contribution < -0.4 is 10.2 Å². The lowest BCUT2D eigenvalue weighted by Gasteiger charge is -2.31. The van der Waals surface area contributed by atoms with Crippen LogP contribution in [0.2, 0.25) is 0 Å². The Labute approximate surface area is 189 Å². The van der Waals surface area contributed by atoms with Crippen LogP contribution in [-0.4, -0.2) is 33.9 Å². The Morgan fingerprint density at radius 1 is 1.19 bits per heavy atom. The Morgan fingerprint density at radius 3 is 2.59 bits per heavy atom. The van der Waals surface area contributed by atoms with Crippen LogP contribution in [0.15, 0.2) is 47.7 Å². The smallest absolute Gasteiger partial charge is 0.262 e. The molecule has 3 aromatic rings. The number of aromatic nitrogens is 3. The maximum absolute atomic E-state index is 13.9. The molecule has 166 valence electrons. The molecule has 0 radical (unpaired) electrons. The third kappa shape index (κ3) is 4.83. The maximum Gasteiger partial charge on any atom is 0.262 e. The lowest BCUT2D eigenvalue weighted by molar-refractivity contribution is 0.101. The molecule has 1 aromatic carbocycles. The summed E-state index contributed by atoms with van der Waals surface area (Å²) in [4.78, 5) is 27.7. The zero-order valence-corrected chi connectivity index (χ0v) is 18.6. The van der Waals surface area contributed by atoms with E-state index in [4.69, 9.17) is 0 Å². The maximum atomic E-state index is 13.9. The van der Waals surface area contributed by atoms with Crippen molar-refractivity contribution in [2.75, 3.05) is 23.3 Å². The first-order chi connectivity index (χ1) is 15.4. The molecule has 4 rings (SSSR count). The van der Waals surface area contributed by atoms with Crippen LogP contribution >= 0.6 is 11.3 Å². The summed E-state index contributed by atoms with van der Waals surface area (Å²) in [7, 11) is 0. The molecule has 9 heteroatoms. The fraction of sp³-hybridized carbons (Fsp3) is 0.304. The largest absolute Gasteiger partial charge is 0.343 e. The minimum Gasteiger partial charge on any atom is -0.343 e. The van der Waals surface area contributed by atoms with Gasteiger partial charge in [0.2, 0.25) is 0 Å². The van der Waals surface area contributed by atoms with E-state index in [1.807, 2.05) is 5.38 Å². The highest BCUT2D eigenvalue weighted by Gasteiger charge is 2.24. The van der Waals surface area contributed by atoms with Crippen molar-refractivity contribution in [3.63, 3.8) is 0 Å². The first-order valence-corrected chi connectivity index (χ1v) is 11.2. The second-order valence-electron chi connectivity index (χ2n) is 8.00. The Morgan fingerprint density at radius 2 is 1.97 bits per heavy atom. The van der Waals surface area contributed by atoms with Crippen molar-refractivity contribution in [1.82, 2.24) is 15.0 Å². The lowest BCUT2D eigenvalue weighted by atomic mass is 9.91. The van der Waals surface area contributed by atoms with E-state index in [0.717, 1.165) is 47.9 Å². The van der Waals surface area contributed by atoms with Gasteiger partial charge in [0.25, 0.3) is 5.91 Å². The summed E-state index contributed by atoms with van der Waals surface area (Å²) in [5.74, 6) is -2.14. The molecular weight excluding hydrogens is 432 g/mol. The summed E-state index contributed by atoms with van der Waals surface area (Å²) in [6.07, 6.45) is 6.68. The summed E-state index contributed by atoms with van der Waals surface area (Å²) >= 11 is 1.60. The predicted octanol–water partition coefficient (Wildman–Crippen LogP) is 5.17. The molecule has 1 aliphatic heterocycles. The molecule has 3 heterocycles. The van der Waals surface area contributed by atoms with Gasteiger partial charge in [0.05, 0.1) is 18.1 Å². The quantitative estimate of drug-likeness (QED) is 0.555. The number of anilines is 2. The van der Waals surface area contributed by atoms with E-state index in [1.165, 1.54) is 17.8 Å². The van der Waals surface area contributed by atoms with Gasteiger partial charge in [-0.3, -0.25) is 9.78 Å². The van der Waals surface area contributed by atoms with Gasteiger partial charge >= 0.3 is 0 Å². The molecule has 0 aliphatic carbocycles. The third-order valence-corrected chi connectivity index (χ3v) is 6.03. The van der Waals surface area contributed by atoms with Gasteiger partial charge in [-0.2, -0.15) is 0 Å². The number of thiazole rings is 1. The molecule has 0 unspecified atom stereocenters. The number of nitrogens with zero attached hydrogens (tertiary/aromatic N) is 4. The van der Waals surface area contributed by atoms with Gasteiger partial charge in [0.15, 0.2) is 10.9 Å². The number of rotatable bonds is 6. The topological polar surface area (TPSA) is 71.0 Å². The number of amides is 1. The molecule has 0 fully saturated rings. The fourth-order valence-electron chi connectivity index (χ4n) is 3.76. The molecule has 0 atom stereocenters. The van der Waals surface area contributed by atoms with Crippen LogP contribution in [0.4, 0.5) is 19.7 Å². The van der Waals surface area contributed by atoms with Gasteiger partial charge in [0.1, 0.15) is 17.2 Å². The average Bonchev–Trinajstić information content (AvgIpc) is 3.29. The first kappa shape index (κ1) is 22.0. The number of benzene rings is 1. The molecule has 2 aromatic heterocycles. The fourth-order valence-corrected chi connectivity index (χ4v) is 4.43. The molecule has 0 spiro atoms. The zero-order valence-electron chi connectivity index (χ0n) is 17.8. The van der Waals surface area contributed by atoms with E-state index in [1.54, 1.807) is 23.7 Å². The number of hydrogen-bond donors (Lipinski definition) is 1. The van der Waals surface area contributed by atoms with E-state index < -0.39 is 23.1 Å². The Balaban J connectivity index is 1.56. The molecule has 1 N–H and O–H groups in total. The molecule has 6 nitrogen and oxygen atoms in total. The lowest BCUT2D eigenvalue weighted by Crippen LogP contribution is -2.31. The number of nitrogens with one attached hydrogen (secondary N) is 1. The zero-order chi connectivity index (χ0) is 22.7. The standard InChI is InChI=1S/C23H23F2N5OS/c1-14(2)10-15-6-8-30(23-26-7-9-32-23)13-16(15)19-11-28-20(12-27-19)29-22(31)21-17(24)4-3-5-18(21)25/h3-5,7,9,11-12,14H,6,8,10,13H2,1-2H3,(H,28,29,31). The SMILES string of the molecule is CC(C)CC1=C(c2cnc(NC(=O)c3c(F)cccc3F)cn2)CN(c2nccs2)CC1. The van der Waals surface area contributed by atoms with Crippen LogP contribution in [0.5, 0.6) is 0 Å². The Bertz CT molecular complexity index is 1110. The van der Waals surface area contributed by atoms with Crippen molar-refractivity contribution in [1.29, 1.82) is 0 Å². The second kappa shape index (κ2) is 9.52. The minimum absolute atomic E-state index is 0.125. The summed E-state index contributed by atoms with van der Waals surface area (Å²) in [6, 6.07) is 3.28. The van der Waals surface area contributed by atoms with E-state index in [-0.39, 0.29) is 5.82 Å². The summed E-state index contributed by atoms with van der Waals surface area (Å²) in [6.45, 7) is 5.94. The second-order valence-corrected chi connectivity index (χ2v) is 8.88. The monoisotopic (exact) mass is 455 g/mol. The van der Waals surface area contributed by atoms with E-state index in [0.29, 0.717) is 12.5 Å². The van der Waals surface area contributed by atoms with E-state index in [9.17, 15) is 13.6 Å². The first-order valence-electron chi connectivity index (χ1n) is 10.4. The molecule has 0 saturated heterocycles. The summed E-state index contributed by atoms with van der Waals surface area (Å²) in [5.41, 5.74) is 2.52. The van der Waals surface area contributed by atoms with Crippen LogP contribution in [0.1, 0.15) is 42.7 Å². The van der Waals surface area contributed by atoms with Crippen molar-refractivity contribution in [2.45, 2.75) is 26.7 Å². The molecule has 1 amide bonds. The van der Waals surface area contributed by atoms with Crippen LogP contribution in [-0.2, 0) is 0 Å². The van der Waals surface area contributed by atoms with Crippen molar-refractivity contribution in [3.8, 4) is 0 Å². The number of carbonyl (C=O) groups excluding carboxylic acids is 1. The van der Waals surface area contributed by atoms with E-state index in [2.05, 4.69) is 39.0 Å². The molecule has 0 saturated carbocycles. The van der Waals surface area contributed by atoms with Crippen molar-refractivity contribution in [2.24, 2.45) is 5.92 Å². The van der Waals surface area contributed by atoms with Crippen molar-refractivity contribution >= 4 is 33.8 Å². The van der Waals surface area contributed by atoms with Gasteiger partial charge in [-0.1, -0.05) is 25.5 Å². The Kier molecular flexibility index (Phi) is 6.55. The van der Waals surface area contributed by atoms with E-state index >= 15 is 0 Å². The van der Waals surface area contributed by atoms with Crippen molar-refractivity contribution < 1.29 is 13.6 Å². The van der Waals surface area contributed by atoms with Gasteiger partial charge in [-0.25, -0.2) is 18.7 Å². The molecule has 0 bridgehead atoms. The highest BCUT2D eigenvalue weighted by atomic mass is 32.1. The van der Waals surface area contributed by atoms with Crippen LogP contribution in [0, 0.1) is 17.6 Å². The molecule has 1 aliphatic rings. The highest BCUT2D eigenvalue weighted by molar-refractivity contribution is 7.13. The summed E-state index contributed by atoms with van der Waals surface area (Å²) < 4.78 is 27.7. The van der Waals surface area contributed by atoms with Crippen LogP contribution in [0.3, 0.4) is 0 Å². The number of hydrogen-bond acceptors (Lipinski definition) is 6. The van der Waals surface area contributed by atoms with Gasteiger partial charge in [0, 0.05) is 24.7 Å². The predicted molar refractivity (Wildman–Crippen MR) is 122 cm³/mol. The average molecular weight is 456 g/mol. The molecule has 32 heavy (non-hydrogen) atoms. The third-order valence-electron chi connectivity index (χ3n) is 5.20. The van der Waals surface area contributed by atoms with Crippen LogP contribution in [0.25, 0.3) is 5.57 Å². The normalized spacial score (nSPS) is 14.2.